The van der Waals surface area contributed by atoms with Gasteiger partial charge in [0.2, 0.25) is 5.91 Å². The zero-order valence-corrected chi connectivity index (χ0v) is 14.7. The number of aryl methyl sites for hydroxylation is 1. The Labute approximate surface area is 145 Å². The van der Waals surface area contributed by atoms with Crippen LogP contribution >= 0.6 is 11.3 Å². The molecule has 2 rings (SSSR count). The summed E-state index contributed by atoms with van der Waals surface area (Å²) in [4.78, 5) is 41.7. The fraction of sp³-hybridized carbons (Fsp3) is 0.600. The predicted octanol–water partition coefficient (Wildman–Crippen LogP) is 0.491. The molecule has 24 heavy (non-hydrogen) atoms. The number of piperidine rings is 1. The van der Waals surface area contributed by atoms with Crippen molar-refractivity contribution >= 4 is 29.2 Å². The lowest BCUT2D eigenvalue weighted by Crippen LogP contribution is -2.45. The second-order valence-corrected chi connectivity index (χ2v) is 6.59. The van der Waals surface area contributed by atoms with Crippen molar-refractivity contribution in [1.82, 2.24) is 25.8 Å². The highest BCUT2D eigenvalue weighted by atomic mass is 32.1. The van der Waals surface area contributed by atoms with Crippen molar-refractivity contribution in [1.29, 1.82) is 0 Å². The normalized spacial score (nSPS) is 15.8. The number of rotatable bonds is 5. The Bertz CT molecular complexity index is 596. The van der Waals surface area contributed by atoms with Gasteiger partial charge in [0.1, 0.15) is 4.88 Å². The molecule has 4 amide bonds. The van der Waals surface area contributed by atoms with Crippen LogP contribution < -0.4 is 16.0 Å². The summed E-state index contributed by atoms with van der Waals surface area (Å²) in [5, 5.41) is 7.65. The number of thiazole rings is 1. The van der Waals surface area contributed by atoms with E-state index in [1.165, 1.54) is 18.4 Å². The summed E-state index contributed by atoms with van der Waals surface area (Å²) in [5.74, 6) is -0.344. The third kappa shape index (κ3) is 5.27. The van der Waals surface area contributed by atoms with Crippen molar-refractivity contribution in [3.05, 3.63) is 16.1 Å². The lowest BCUT2D eigenvalue weighted by Gasteiger charge is -2.32. The Kier molecular flexibility index (Phi) is 6.68. The number of carbonyl (C=O) groups excluding carboxylic acids is 3. The number of aromatic nitrogens is 1. The lowest BCUT2D eigenvalue weighted by atomic mass is 10.0. The predicted molar refractivity (Wildman–Crippen MR) is 91.0 cm³/mol. The molecular formula is C15H23N5O3S. The Morgan fingerprint density at radius 3 is 2.62 bits per heavy atom. The second kappa shape index (κ2) is 8.74. The lowest BCUT2D eigenvalue weighted by molar-refractivity contribution is -0.120. The van der Waals surface area contributed by atoms with Crippen molar-refractivity contribution < 1.29 is 14.4 Å². The van der Waals surface area contributed by atoms with Gasteiger partial charge in [-0.25, -0.2) is 9.78 Å². The molecule has 9 heteroatoms. The number of nitrogens with zero attached hydrogens (tertiary/aromatic N) is 2. The summed E-state index contributed by atoms with van der Waals surface area (Å²) in [6.07, 6.45) is 1.98. The zero-order valence-electron chi connectivity index (χ0n) is 13.9. The molecule has 132 valence electrons. The highest BCUT2D eigenvalue weighted by molar-refractivity contribution is 7.11. The summed E-state index contributed by atoms with van der Waals surface area (Å²) in [6, 6.07) is -0.338. The first-order valence-electron chi connectivity index (χ1n) is 7.94. The van der Waals surface area contributed by atoms with Gasteiger partial charge >= 0.3 is 6.03 Å². The number of likely N-dealkylation sites (tertiary alicyclic amines) is 1. The molecule has 0 radical (unpaired) electrons. The molecule has 1 fully saturated rings. The summed E-state index contributed by atoms with van der Waals surface area (Å²) < 4.78 is 0. The first-order valence-corrected chi connectivity index (χ1v) is 8.82. The third-order valence-electron chi connectivity index (χ3n) is 4.01. The molecule has 0 saturated carbocycles. The van der Waals surface area contributed by atoms with E-state index in [1.54, 1.807) is 5.51 Å². The molecule has 0 aromatic carbocycles. The van der Waals surface area contributed by atoms with E-state index < -0.39 is 6.03 Å². The summed E-state index contributed by atoms with van der Waals surface area (Å²) >= 11 is 1.35. The van der Waals surface area contributed by atoms with Gasteiger partial charge < -0.3 is 15.5 Å². The highest BCUT2D eigenvalue weighted by Gasteiger charge is 2.22. The molecule has 8 nitrogen and oxygen atoms in total. The van der Waals surface area contributed by atoms with Crippen LogP contribution in [-0.4, -0.2) is 60.5 Å². The van der Waals surface area contributed by atoms with Gasteiger partial charge in [-0.05, 0) is 19.8 Å². The maximum atomic E-state index is 12.2. The average Bonchev–Trinajstić information content (AvgIpc) is 3.00. The van der Waals surface area contributed by atoms with E-state index in [1.807, 2.05) is 6.92 Å². The van der Waals surface area contributed by atoms with Gasteiger partial charge in [0.15, 0.2) is 0 Å². The average molecular weight is 353 g/mol. The molecule has 0 spiro atoms. The monoisotopic (exact) mass is 353 g/mol. The van der Waals surface area contributed by atoms with Crippen molar-refractivity contribution in [3.63, 3.8) is 0 Å². The van der Waals surface area contributed by atoms with Gasteiger partial charge in [-0.15, -0.1) is 11.3 Å². The van der Waals surface area contributed by atoms with Crippen molar-refractivity contribution in [2.75, 3.05) is 26.7 Å². The Morgan fingerprint density at radius 2 is 2.04 bits per heavy atom. The molecule has 1 aromatic rings. The molecular weight excluding hydrogens is 330 g/mol. The molecule has 3 N–H and O–H groups in total. The summed E-state index contributed by atoms with van der Waals surface area (Å²) in [7, 11) is 1.47. The minimum Gasteiger partial charge on any atom is -0.348 e. The Balaban J connectivity index is 1.68. The topological polar surface area (TPSA) is 103 Å². The van der Waals surface area contributed by atoms with E-state index in [-0.39, 0.29) is 24.3 Å². The van der Waals surface area contributed by atoms with Crippen LogP contribution in [0, 0.1) is 6.92 Å². The van der Waals surface area contributed by atoms with Crippen LogP contribution in [0.25, 0.3) is 0 Å². The number of nitrogens with one attached hydrogen (secondary N) is 3. The number of imide groups is 1. The van der Waals surface area contributed by atoms with Crippen molar-refractivity contribution in [2.24, 2.45) is 0 Å². The van der Waals surface area contributed by atoms with Gasteiger partial charge in [-0.1, -0.05) is 0 Å². The second-order valence-electron chi connectivity index (χ2n) is 5.73. The largest absolute Gasteiger partial charge is 0.348 e. The number of carbonyl (C=O) groups is 3. The van der Waals surface area contributed by atoms with E-state index in [2.05, 4.69) is 25.8 Å². The van der Waals surface area contributed by atoms with Crippen LogP contribution in [-0.2, 0) is 4.79 Å². The molecule has 1 saturated heterocycles. The Morgan fingerprint density at radius 1 is 1.33 bits per heavy atom. The number of hydrogen-bond donors (Lipinski definition) is 3. The van der Waals surface area contributed by atoms with E-state index in [9.17, 15) is 14.4 Å². The smallest absolute Gasteiger partial charge is 0.321 e. The fourth-order valence-electron chi connectivity index (χ4n) is 2.58. The van der Waals surface area contributed by atoms with E-state index in [4.69, 9.17) is 0 Å². The molecule has 0 atom stereocenters. The van der Waals surface area contributed by atoms with Gasteiger partial charge in [0.05, 0.1) is 11.2 Å². The minimum absolute atomic E-state index is 0.0570. The molecule has 0 unspecified atom stereocenters. The van der Waals surface area contributed by atoms with Crippen LogP contribution in [0.5, 0.6) is 0 Å². The number of hydrogen-bond acceptors (Lipinski definition) is 6. The maximum Gasteiger partial charge on any atom is 0.321 e. The SMILES string of the molecule is CNC(=O)NC(=O)CCN1CCC(NC(=O)c2scnc2C)CC1. The molecule has 0 aliphatic carbocycles. The van der Waals surface area contributed by atoms with E-state index in [0.717, 1.165) is 31.6 Å². The molecule has 1 aromatic heterocycles. The van der Waals surface area contributed by atoms with Gasteiger partial charge in [0, 0.05) is 39.1 Å². The quantitative estimate of drug-likeness (QED) is 0.715. The van der Waals surface area contributed by atoms with E-state index in [0.29, 0.717) is 11.4 Å². The first kappa shape index (κ1) is 18.3. The number of amides is 4. The third-order valence-corrected chi connectivity index (χ3v) is 4.94. The standard InChI is InChI=1S/C15H23N5O3S/c1-10-13(24-9-17-10)14(22)18-11-3-6-20(7-4-11)8-5-12(21)19-15(23)16-2/h9,11H,3-8H2,1-2H3,(H,18,22)(H2,16,19,21,23). The van der Waals surface area contributed by atoms with Crippen LogP contribution in [0.1, 0.15) is 34.6 Å². The van der Waals surface area contributed by atoms with E-state index >= 15 is 0 Å². The Hall–Kier alpha value is -2.00. The molecule has 1 aliphatic heterocycles. The van der Waals surface area contributed by atoms with Crippen LogP contribution in [0.4, 0.5) is 4.79 Å². The van der Waals surface area contributed by atoms with Gasteiger partial charge in [-0.3, -0.25) is 14.9 Å². The maximum absolute atomic E-state index is 12.2. The minimum atomic E-state index is -0.486. The van der Waals surface area contributed by atoms with Crippen LogP contribution in [0.2, 0.25) is 0 Å². The first-order chi connectivity index (χ1) is 11.5. The van der Waals surface area contributed by atoms with Gasteiger partial charge in [0.25, 0.3) is 5.91 Å². The van der Waals surface area contributed by atoms with Gasteiger partial charge in [-0.2, -0.15) is 0 Å². The summed E-state index contributed by atoms with van der Waals surface area (Å²) in [5.41, 5.74) is 2.44. The summed E-state index contributed by atoms with van der Waals surface area (Å²) in [6.45, 7) is 4.08. The number of urea groups is 1. The fourth-order valence-corrected chi connectivity index (χ4v) is 3.29. The van der Waals surface area contributed by atoms with Crippen LogP contribution in [0.15, 0.2) is 5.51 Å². The van der Waals surface area contributed by atoms with Crippen molar-refractivity contribution in [3.8, 4) is 0 Å². The zero-order chi connectivity index (χ0) is 17.5. The van der Waals surface area contributed by atoms with Crippen molar-refractivity contribution in [2.45, 2.75) is 32.2 Å². The van der Waals surface area contributed by atoms with Crippen LogP contribution in [0.3, 0.4) is 0 Å². The molecule has 2 heterocycles. The highest BCUT2D eigenvalue weighted by Crippen LogP contribution is 2.15. The molecule has 0 bridgehead atoms. The molecule has 1 aliphatic rings.